The van der Waals surface area contributed by atoms with Crippen molar-refractivity contribution in [3.63, 3.8) is 0 Å². The van der Waals surface area contributed by atoms with E-state index < -0.39 is 10.0 Å². The van der Waals surface area contributed by atoms with E-state index in [0.29, 0.717) is 17.1 Å². The molecule has 3 rings (SSSR count). The van der Waals surface area contributed by atoms with Crippen LogP contribution in [0.2, 0.25) is 0 Å². The van der Waals surface area contributed by atoms with Crippen LogP contribution in [0.4, 0.5) is 11.4 Å². The van der Waals surface area contributed by atoms with Crippen LogP contribution >= 0.6 is 0 Å². The van der Waals surface area contributed by atoms with Gasteiger partial charge in [-0.05, 0) is 30.3 Å². The minimum Gasteiger partial charge on any atom is -0.491 e. The summed E-state index contributed by atoms with van der Waals surface area (Å²) in [5.41, 5.74) is 0.923. The monoisotopic (exact) mass is 332 g/mol. The van der Waals surface area contributed by atoms with Gasteiger partial charge in [-0.15, -0.1) is 0 Å². The van der Waals surface area contributed by atoms with Gasteiger partial charge in [0.15, 0.2) is 0 Å². The maximum absolute atomic E-state index is 12.5. The largest absolute Gasteiger partial charge is 0.491 e. The van der Waals surface area contributed by atoms with E-state index in [0.717, 1.165) is 0 Å². The summed E-state index contributed by atoms with van der Waals surface area (Å²) in [6.45, 7) is 0.282. The van der Waals surface area contributed by atoms with E-state index in [1.165, 1.54) is 17.0 Å². The standard InChI is InChI=1S/C16H16N2O4S/c1-18-14-11-13(7-8-15(14)22-10-9-16(18)19)23(20,21)17-12-5-3-2-4-6-12/h2-8,11,17H,9-10H2,1H3. The first-order valence-corrected chi connectivity index (χ1v) is 8.57. The van der Waals surface area contributed by atoms with Crippen molar-refractivity contribution >= 4 is 27.3 Å². The molecule has 0 saturated carbocycles. The van der Waals surface area contributed by atoms with Gasteiger partial charge in [0.1, 0.15) is 5.75 Å². The Balaban J connectivity index is 1.98. The van der Waals surface area contributed by atoms with Crippen LogP contribution in [-0.4, -0.2) is 28.0 Å². The molecular formula is C16H16N2O4S. The van der Waals surface area contributed by atoms with E-state index in [9.17, 15) is 13.2 Å². The number of ether oxygens (including phenoxy) is 1. The molecule has 120 valence electrons. The zero-order valence-electron chi connectivity index (χ0n) is 12.5. The Hall–Kier alpha value is -2.54. The fourth-order valence-electron chi connectivity index (χ4n) is 2.32. The molecule has 0 aliphatic carbocycles. The Morgan fingerprint density at radius 1 is 1.13 bits per heavy atom. The van der Waals surface area contributed by atoms with Crippen LogP contribution < -0.4 is 14.4 Å². The first-order valence-electron chi connectivity index (χ1n) is 7.09. The molecule has 1 aliphatic heterocycles. The lowest BCUT2D eigenvalue weighted by Crippen LogP contribution is -2.25. The summed E-state index contributed by atoms with van der Waals surface area (Å²) < 4.78 is 33.0. The number of fused-ring (bicyclic) bond motifs is 1. The number of nitrogens with zero attached hydrogens (tertiary/aromatic N) is 1. The van der Waals surface area contributed by atoms with E-state index in [4.69, 9.17) is 4.74 Å². The second-order valence-corrected chi connectivity index (χ2v) is 6.83. The number of benzene rings is 2. The molecule has 0 fully saturated rings. The maximum Gasteiger partial charge on any atom is 0.261 e. The highest BCUT2D eigenvalue weighted by Crippen LogP contribution is 2.33. The molecule has 0 atom stereocenters. The Morgan fingerprint density at radius 2 is 1.87 bits per heavy atom. The SMILES string of the molecule is CN1C(=O)CCOc2ccc(S(=O)(=O)Nc3ccccc3)cc21. The van der Waals surface area contributed by atoms with Crippen molar-refractivity contribution in [2.75, 3.05) is 23.3 Å². The van der Waals surface area contributed by atoms with Gasteiger partial charge in [0.25, 0.3) is 10.0 Å². The summed E-state index contributed by atoms with van der Waals surface area (Å²) in [4.78, 5) is 13.4. The van der Waals surface area contributed by atoms with Gasteiger partial charge in [0.2, 0.25) is 5.91 Å². The van der Waals surface area contributed by atoms with Crippen LogP contribution in [0.15, 0.2) is 53.4 Å². The second-order valence-electron chi connectivity index (χ2n) is 5.15. The number of carbonyl (C=O) groups excluding carboxylic acids is 1. The van der Waals surface area contributed by atoms with Crippen LogP contribution in [0.1, 0.15) is 6.42 Å². The molecule has 7 heteroatoms. The molecule has 6 nitrogen and oxygen atoms in total. The lowest BCUT2D eigenvalue weighted by atomic mass is 10.2. The number of hydrogen-bond acceptors (Lipinski definition) is 4. The molecule has 2 aromatic rings. The number of para-hydroxylation sites is 1. The van der Waals surface area contributed by atoms with Gasteiger partial charge in [-0.2, -0.15) is 0 Å². The molecule has 0 spiro atoms. The van der Waals surface area contributed by atoms with Crippen molar-refractivity contribution in [3.05, 3.63) is 48.5 Å². The number of anilines is 2. The third-order valence-corrected chi connectivity index (χ3v) is 4.95. The van der Waals surface area contributed by atoms with Crippen LogP contribution in [0.3, 0.4) is 0 Å². The topological polar surface area (TPSA) is 75.7 Å². The van der Waals surface area contributed by atoms with Gasteiger partial charge in [0, 0.05) is 12.7 Å². The summed E-state index contributed by atoms with van der Waals surface area (Å²) in [5.74, 6) is 0.381. The minimum absolute atomic E-state index is 0.0743. The van der Waals surface area contributed by atoms with E-state index in [-0.39, 0.29) is 23.8 Å². The number of amides is 1. The Kier molecular flexibility index (Phi) is 3.96. The van der Waals surface area contributed by atoms with Gasteiger partial charge in [-0.1, -0.05) is 18.2 Å². The van der Waals surface area contributed by atoms with Gasteiger partial charge in [-0.3, -0.25) is 9.52 Å². The summed E-state index contributed by atoms with van der Waals surface area (Å²) in [7, 11) is -2.14. The Labute approximate surface area is 134 Å². The highest BCUT2D eigenvalue weighted by atomic mass is 32.2. The molecule has 23 heavy (non-hydrogen) atoms. The molecule has 0 radical (unpaired) electrons. The van der Waals surface area contributed by atoms with Crippen LogP contribution in [0.25, 0.3) is 0 Å². The fraction of sp³-hybridized carbons (Fsp3) is 0.188. The quantitative estimate of drug-likeness (QED) is 0.935. The van der Waals surface area contributed by atoms with Crippen molar-refractivity contribution in [2.24, 2.45) is 0 Å². The summed E-state index contributed by atoms with van der Waals surface area (Å²) in [5, 5.41) is 0. The molecule has 0 saturated heterocycles. The summed E-state index contributed by atoms with van der Waals surface area (Å²) in [6, 6.07) is 13.1. The predicted octanol–water partition coefficient (Wildman–Crippen LogP) is 2.23. The lowest BCUT2D eigenvalue weighted by Gasteiger charge is -2.17. The van der Waals surface area contributed by atoms with Gasteiger partial charge < -0.3 is 9.64 Å². The number of rotatable bonds is 3. The zero-order chi connectivity index (χ0) is 16.4. The van der Waals surface area contributed by atoms with Crippen molar-refractivity contribution in [1.29, 1.82) is 0 Å². The van der Waals surface area contributed by atoms with Gasteiger partial charge in [0.05, 0.1) is 23.6 Å². The number of nitrogens with one attached hydrogen (secondary N) is 1. The normalized spacial score (nSPS) is 14.7. The van der Waals surface area contributed by atoms with Gasteiger partial charge >= 0.3 is 0 Å². The number of sulfonamides is 1. The average Bonchev–Trinajstić information content (AvgIpc) is 2.67. The third kappa shape index (κ3) is 3.14. The van der Waals surface area contributed by atoms with Gasteiger partial charge in [-0.25, -0.2) is 8.42 Å². The van der Waals surface area contributed by atoms with E-state index in [1.807, 2.05) is 0 Å². The molecular weight excluding hydrogens is 316 g/mol. The van der Waals surface area contributed by atoms with Crippen molar-refractivity contribution < 1.29 is 17.9 Å². The minimum atomic E-state index is -3.74. The number of carbonyl (C=O) groups is 1. The smallest absolute Gasteiger partial charge is 0.261 e. The fourth-order valence-corrected chi connectivity index (χ4v) is 3.40. The first kappa shape index (κ1) is 15.4. The predicted molar refractivity (Wildman–Crippen MR) is 87.2 cm³/mol. The zero-order valence-corrected chi connectivity index (χ0v) is 13.3. The molecule has 1 aliphatic rings. The molecule has 1 amide bonds. The number of hydrogen-bond donors (Lipinski definition) is 1. The van der Waals surface area contributed by atoms with E-state index >= 15 is 0 Å². The average molecular weight is 332 g/mol. The third-order valence-electron chi connectivity index (χ3n) is 3.58. The van der Waals surface area contributed by atoms with E-state index in [2.05, 4.69) is 4.72 Å². The van der Waals surface area contributed by atoms with Crippen molar-refractivity contribution in [2.45, 2.75) is 11.3 Å². The molecule has 1 N–H and O–H groups in total. The maximum atomic E-state index is 12.5. The van der Waals surface area contributed by atoms with Crippen LogP contribution in [0.5, 0.6) is 5.75 Å². The Morgan fingerprint density at radius 3 is 2.61 bits per heavy atom. The highest BCUT2D eigenvalue weighted by molar-refractivity contribution is 7.92. The Bertz CT molecular complexity index is 834. The lowest BCUT2D eigenvalue weighted by molar-refractivity contribution is -0.118. The second kappa shape index (κ2) is 5.92. The van der Waals surface area contributed by atoms with Crippen LogP contribution in [-0.2, 0) is 14.8 Å². The molecule has 0 aromatic heterocycles. The summed E-state index contributed by atoms with van der Waals surface area (Å²) in [6.07, 6.45) is 0.259. The molecule has 1 heterocycles. The molecule has 0 bridgehead atoms. The molecule has 0 unspecified atom stereocenters. The highest BCUT2D eigenvalue weighted by Gasteiger charge is 2.23. The van der Waals surface area contributed by atoms with Crippen molar-refractivity contribution in [3.8, 4) is 5.75 Å². The summed E-state index contributed by atoms with van der Waals surface area (Å²) >= 11 is 0. The van der Waals surface area contributed by atoms with Crippen molar-refractivity contribution in [1.82, 2.24) is 0 Å². The molecule has 2 aromatic carbocycles. The first-order chi connectivity index (χ1) is 11.0. The van der Waals surface area contributed by atoms with Crippen LogP contribution in [0, 0.1) is 0 Å². The van der Waals surface area contributed by atoms with E-state index in [1.54, 1.807) is 43.4 Å².